The summed E-state index contributed by atoms with van der Waals surface area (Å²) < 4.78 is 27.2. The highest BCUT2D eigenvalue weighted by atomic mass is 19.1. The standard InChI is InChI=1S/C15H21F2N/c1-2-18-12-6-3-5-11(9-12)10-13-14(16)7-4-8-15(13)17/h4,7-8,11-12,18H,2-3,5-6,9-10H2,1H3. The molecule has 1 aromatic rings. The van der Waals surface area contributed by atoms with Crippen LogP contribution < -0.4 is 5.32 Å². The number of hydrogen-bond acceptors (Lipinski definition) is 1. The second-order valence-electron chi connectivity index (χ2n) is 5.19. The minimum Gasteiger partial charge on any atom is -0.314 e. The van der Waals surface area contributed by atoms with Gasteiger partial charge in [0.2, 0.25) is 0 Å². The third kappa shape index (κ3) is 3.29. The maximum Gasteiger partial charge on any atom is 0.129 e. The van der Waals surface area contributed by atoms with Crippen LogP contribution in [-0.2, 0) is 6.42 Å². The van der Waals surface area contributed by atoms with E-state index >= 15 is 0 Å². The van der Waals surface area contributed by atoms with Crippen molar-refractivity contribution in [2.45, 2.75) is 45.1 Å². The fraction of sp³-hybridized carbons (Fsp3) is 0.600. The fourth-order valence-electron chi connectivity index (χ4n) is 2.97. The topological polar surface area (TPSA) is 12.0 Å². The van der Waals surface area contributed by atoms with Crippen molar-refractivity contribution in [1.82, 2.24) is 5.32 Å². The number of rotatable bonds is 4. The van der Waals surface area contributed by atoms with Crippen LogP contribution in [0.2, 0.25) is 0 Å². The summed E-state index contributed by atoms with van der Waals surface area (Å²) in [5.74, 6) is -0.407. The second-order valence-corrected chi connectivity index (χ2v) is 5.19. The zero-order chi connectivity index (χ0) is 13.0. The lowest BCUT2D eigenvalue weighted by molar-refractivity contribution is 0.283. The van der Waals surface area contributed by atoms with Gasteiger partial charge in [-0.25, -0.2) is 8.78 Å². The molecule has 1 aliphatic carbocycles. The monoisotopic (exact) mass is 253 g/mol. The van der Waals surface area contributed by atoms with E-state index in [0.717, 1.165) is 25.8 Å². The van der Waals surface area contributed by atoms with E-state index in [-0.39, 0.29) is 5.56 Å². The fourth-order valence-corrected chi connectivity index (χ4v) is 2.97. The molecule has 100 valence electrons. The number of hydrogen-bond donors (Lipinski definition) is 1. The predicted octanol–water partition coefficient (Wildman–Crippen LogP) is 3.68. The van der Waals surface area contributed by atoms with Gasteiger partial charge in [-0.05, 0) is 43.9 Å². The van der Waals surface area contributed by atoms with E-state index in [1.807, 2.05) is 0 Å². The average molecular weight is 253 g/mol. The minimum absolute atomic E-state index is 0.264. The summed E-state index contributed by atoms with van der Waals surface area (Å²) in [6, 6.07) is 4.64. The molecule has 0 spiro atoms. The molecule has 18 heavy (non-hydrogen) atoms. The molecule has 1 saturated carbocycles. The SMILES string of the molecule is CCNC1CCCC(Cc2c(F)cccc2F)C1. The van der Waals surface area contributed by atoms with E-state index in [4.69, 9.17) is 0 Å². The first kappa shape index (κ1) is 13.5. The van der Waals surface area contributed by atoms with E-state index in [2.05, 4.69) is 12.2 Å². The Morgan fingerprint density at radius 3 is 2.61 bits per heavy atom. The average Bonchev–Trinajstić information content (AvgIpc) is 2.35. The lowest BCUT2D eigenvalue weighted by atomic mass is 9.82. The Morgan fingerprint density at radius 1 is 1.22 bits per heavy atom. The van der Waals surface area contributed by atoms with Crippen molar-refractivity contribution in [2.75, 3.05) is 6.54 Å². The van der Waals surface area contributed by atoms with Crippen LogP contribution in [0.15, 0.2) is 18.2 Å². The number of halogens is 2. The Morgan fingerprint density at radius 2 is 1.94 bits per heavy atom. The second kappa shape index (κ2) is 6.28. The van der Waals surface area contributed by atoms with Gasteiger partial charge in [-0.1, -0.05) is 25.8 Å². The summed E-state index contributed by atoms with van der Waals surface area (Å²) in [4.78, 5) is 0. The molecule has 2 rings (SSSR count). The molecule has 0 aromatic heterocycles. The van der Waals surface area contributed by atoms with Crippen LogP contribution in [0, 0.1) is 17.6 Å². The molecule has 0 amide bonds. The molecule has 1 aromatic carbocycles. The molecule has 1 aliphatic rings. The van der Waals surface area contributed by atoms with Crippen molar-refractivity contribution in [3.8, 4) is 0 Å². The molecule has 1 fully saturated rings. The quantitative estimate of drug-likeness (QED) is 0.863. The summed E-state index contributed by atoms with van der Waals surface area (Å²) in [7, 11) is 0. The van der Waals surface area contributed by atoms with E-state index in [9.17, 15) is 8.78 Å². The Kier molecular flexibility index (Phi) is 4.70. The molecule has 1 N–H and O–H groups in total. The van der Waals surface area contributed by atoms with Crippen molar-refractivity contribution in [2.24, 2.45) is 5.92 Å². The Balaban J connectivity index is 2.00. The van der Waals surface area contributed by atoms with Gasteiger partial charge in [0, 0.05) is 11.6 Å². The van der Waals surface area contributed by atoms with E-state index in [1.165, 1.54) is 24.6 Å². The molecule has 3 heteroatoms. The summed E-state index contributed by atoms with van der Waals surface area (Å²) in [5.41, 5.74) is 0.264. The van der Waals surface area contributed by atoms with Crippen LogP contribution in [0.1, 0.15) is 38.2 Å². The molecule has 0 bridgehead atoms. The van der Waals surface area contributed by atoms with Crippen molar-refractivity contribution in [1.29, 1.82) is 0 Å². The van der Waals surface area contributed by atoms with Gasteiger partial charge in [0.1, 0.15) is 11.6 Å². The lowest BCUT2D eigenvalue weighted by Crippen LogP contribution is -2.34. The Labute approximate surface area is 108 Å². The van der Waals surface area contributed by atoms with E-state index in [1.54, 1.807) is 0 Å². The zero-order valence-electron chi connectivity index (χ0n) is 10.9. The van der Waals surface area contributed by atoms with Gasteiger partial charge in [-0.2, -0.15) is 0 Å². The predicted molar refractivity (Wildman–Crippen MR) is 69.5 cm³/mol. The largest absolute Gasteiger partial charge is 0.314 e. The zero-order valence-corrected chi connectivity index (χ0v) is 10.9. The van der Waals surface area contributed by atoms with E-state index < -0.39 is 11.6 Å². The maximum absolute atomic E-state index is 13.6. The van der Waals surface area contributed by atoms with Gasteiger partial charge in [-0.3, -0.25) is 0 Å². The summed E-state index contributed by atoms with van der Waals surface area (Å²) >= 11 is 0. The van der Waals surface area contributed by atoms with Gasteiger partial charge in [-0.15, -0.1) is 0 Å². The lowest BCUT2D eigenvalue weighted by Gasteiger charge is -2.29. The van der Waals surface area contributed by atoms with Crippen molar-refractivity contribution in [3.63, 3.8) is 0 Å². The van der Waals surface area contributed by atoms with Crippen LogP contribution in [-0.4, -0.2) is 12.6 Å². The normalized spacial score (nSPS) is 24.2. The number of benzene rings is 1. The van der Waals surface area contributed by atoms with Crippen molar-refractivity contribution < 1.29 is 8.78 Å². The first-order valence-electron chi connectivity index (χ1n) is 6.87. The van der Waals surface area contributed by atoms with Gasteiger partial charge in [0.15, 0.2) is 0 Å². The minimum atomic E-state index is -0.402. The molecule has 2 unspecified atom stereocenters. The highest BCUT2D eigenvalue weighted by Gasteiger charge is 2.23. The first-order chi connectivity index (χ1) is 8.70. The molecule has 0 saturated heterocycles. The summed E-state index contributed by atoms with van der Waals surface area (Å²) in [5, 5.41) is 3.44. The highest BCUT2D eigenvalue weighted by Crippen LogP contribution is 2.29. The van der Waals surface area contributed by atoms with Gasteiger partial charge < -0.3 is 5.32 Å². The first-order valence-corrected chi connectivity index (χ1v) is 6.87. The summed E-state index contributed by atoms with van der Waals surface area (Å²) in [6.07, 6.45) is 4.97. The summed E-state index contributed by atoms with van der Waals surface area (Å²) in [6.45, 7) is 3.06. The Bertz CT molecular complexity index is 370. The van der Waals surface area contributed by atoms with Crippen LogP contribution in [0.5, 0.6) is 0 Å². The van der Waals surface area contributed by atoms with Crippen molar-refractivity contribution >= 4 is 0 Å². The molecule has 1 nitrogen and oxygen atoms in total. The molecule has 0 aliphatic heterocycles. The van der Waals surface area contributed by atoms with Crippen LogP contribution in [0.25, 0.3) is 0 Å². The third-order valence-electron chi connectivity index (χ3n) is 3.83. The van der Waals surface area contributed by atoms with Crippen molar-refractivity contribution in [3.05, 3.63) is 35.4 Å². The third-order valence-corrected chi connectivity index (χ3v) is 3.83. The molecule has 0 radical (unpaired) electrons. The van der Waals surface area contributed by atoms with Crippen LogP contribution in [0.4, 0.5) is 8.78 Å². The maximum atomic E-state index is 13.6. The number of nitrogens with one attached hydrogen (secondary N) is 1. The Hall–Kier alpha value is -0.960. The molecule has 0 heterocycles. The van der Waals surface area contributed by atoms with Crippen LogP contribution in [0.3, 0.4) is 0 Å². The smallest absolute Gasteiger partial charge is 0.129 e. The molecular weight excluding hydrogens is 232 g/mol. The van der Waals surface area contributed by atoms with Gasteiger partial charge in [0.05, 0.1) is 0 Å². The van der Waals surface area contributed by atoms with Gasteiger partial charge >= 0.3 is 0 Å². The van der Waals surface area contributed by atoms with Gasteiger partial charge in [0.25, 0.3) is 0 Å². The molecule has 2 atom stereocenters. The highest BCUT2D eigenvalue weighted by molar-refractivity contribution is 5.20. The van der Waals surface area contributed by atoms with E-state index in [0.29, 0.717) is 18.4 Å². The molecular formula is C15H21F2N. The van der Waals surface area contributed by atoms with Crippen LogP contribution >= 0.6 is 0 Å².